The lowest BCUT2D eigenvalue weighted by Crippen LogP contribution is -2.39. The number of halogens is 4. The minimum atomic E-state index is -4.56. The smallest absolute Gasteiger partial charge is 0.391 e. The van der Waals surface area contributed by atoms with Gasteiger partial charge in [-0.15, -0.1) is 0 Å². The van der Waals surface area contributed by atoms with Crippen molar-refractivity contribution in [1.82, 2.24) is 10.2 Å². The van der Waals surface area contributed by atoms with Gasteiger partial charge in [0.05, 0.1) is 12.1 Å². The summed E-state index contributed by atoms with van der Waals surface area (Å²) < 4.78 is 49.5. The van der Waals surface area contributed by atoms with Crippen molar-refractivity contribution in [2.24, 2.45) is 0 Å². The van der Waals surface area contributed by atoms with Crippen molar-refractivity contribution in [2.75, 3.05) is 13.1 Å². The fourth-order valence-electron chi connectivity index (χ4n) is 2.62. The molecule has 0 aromatic heterocycles. The van der Waals surface area contributed by atoms with E-state index in [1.54, 1.807) is 11.4 Å². The summed E-state index contributed by atoms with van der Waals surface area (Å²) in [6, 6.07) is 4.85. The van der Waals surface area contributed by atoms with E-state index in [0.29, 0.717) is 5.56 Å². The van der Waals surface area contributed by atoms with Crippen molar-refractivity contribution in [3.8, 4) is 0 Å². The zero-order valence-electron chi connectivity index (χ0n) is 12.5. The Morgan fingerprint density at radius 3 is 2.67 bits per heavy atom. The molecule has 132 valence electrons. The Morgan fingerprint density at radius 1 is 1.33 bits per heavy atom. The van der Waals surface area contributed by atoms with E-state index in [4.69, 9.17) is 0 Å². The molecule has 24 heavy (non-hydrogen) atoms. The molecule has 5 nitrogen and oxygen atoms in total. The summed E-state index contributed by atoms with van der Waals surface area (Å²) in [5, 5.41) is 11.4. The van der Waals surface area contributed by atoms with Gasteiger partial charge >= 0.3 is 6.18 Å². The maximum absolute atomic E-state index is 13.3. The second-order valence-electron chi connectivity index (χ2n) is 5.58. The number of alkyl halides is 3. The zero-order chi connectivity index (χ0) is 17.9. The molecule has 0 radical (unpaired) electrons. The minimum absolute atomic E-state index is 0.0629. The van der Waals surface area contributed by atoms with Crippen molar-refractivity contribution in [2.45, 2.75) is 31.2 Å². The highest BCUT2D eigenvalue weighted by atomic mass is 19.4. The maximum Gasteiger partial charge on any atom is 0.405 e. The van der Waals surface area contributed by atoms with Crippen LogP contribution in [0, 0.1) is 5.82 Å². The van der Waals surface area contributed by atoms with E-state index < -0.39 is 48.9 Å². The number of aliphatic hydroxyl groups is 1. The Hall–Kier alpha value is -2.16. The Balaban J connectivity index is 2.02. The highest BCUT2D eigenvalue weighted by molar-refractivity contribution is 5.97. The van der Waals surface area contributed by atoms with Crippen LogP contribution in [0.15, 0.2) is 24.3 Å². The fourth-order valence-corrected chi connectivity index (χ4v) is 2.62. The van der Waals surface area contributed by atoms with E-state index in [-0.39, 0.29) is 13.0 Å². The fraction of sp³-hybridized carbons (Fsp3) is 0.467. The number of rotatable bonds is 4. The van der Waals surface area contributed by atoms with Gasteiger partial charge in [-0.1, -0.05) is 12.1 Å². The van der Waals surface area contributed by atoms with Crippen LogP contribution < -0.4 is 5.32 Å². The largest absolute Gasteiger partial charge is 0.405 e. The molecule has 1 fully saturated rings. The highest BCUT2D eigenvalue weighted by Gasteiger charge is 2.36. The molecule has 0 saturated carbocycles. The lowest BCUT2D eigenvalue weighted by Gasteiger charge is -2.24. The summed E-state index contributed by atoms with van der Waals surface area (Å²) in [5.41, 5.74) is 0.454. The number of nitrogens with zero attached hydrogens (tertiary/aromatic N) is 1. The number of hydrogen-bond acceptors (Lipinski definition) is 3. The van der Waals surface area contributed by atoms with E-state index in [0.717, 1.165) is 0 Å². The monoisotopic (exact) mass is 348 g/mol. The molecule has 1 aromatic rings. The first-order valence-corrected chi connectivity index (χ1v) is 7.22. The summed E-state index contributed by atoms with van der Waals surface area (Å²) in [7, 11) is 0. The molecule has 2 amide bonds. The lowest BCUT2D eigenvalue weighted by atomic mass is 10.0. The van der Waals surface area contributed by atoms with Crippen molar-refractivity contribution < 1.29 is 32.3 Å². The Bertz CT molecular complexity index is 621. The second kappa shape index (κ2) is 7.16. The number of likely N-dealkylation sites (tertiary alicyclic amines) is 1. The van der Waals surface area contributed by atoms with Gasteiger partial charge in [0.25, 0.3) is 0 Å². The predicted octanol–water partition coefficient (Wildman–Crippen LogP) is 1.53. The number of aliphatic hydroxyl groups excluding tert-OH is 1. The minimum Gasteiger partial charge on any atom is -0.391 e. The molecule has 0 unspecified atom stereocenters. The molecule has 0 bridgehead atoms. The van der Waals surface area contributed by atoms with Crippen molar-refractivity contribution in [3.63, 3.8) is 0 Å². The van der Waals surface area contributed by atoms with Gasteiger partial charge < -0.3 is 15.3 Å². The Morgan fingerprint density at radius 2 is 2.04 bits per heavy atom. The molecule has 1 aliphatic rings. The summed E-state index contributed by atoms with van der Waals surface area (Å²) in [6.07, 6.45) is -6.01. The van der Waals surface area contributed by atoms with Crippen LogP contribution in [-0.4, -0.2) is 47.2 Å². The molecule has 9 heteroatoms. The standard InChI is InChI=1S/C15H16F4N2O3/c16-10-3-1-2-9(4-10)12-5-11(22)7-21(12)14(24)6-13(23)20-8-15(17,18)19/h1-4,11-12,22H,5-8H2,(H,20,23)/t11-,12+/m1/s1. The van der Waals surface area contributed by atoms with E-state index in [1.807, 2.05) is 0 Å². The molecule has 2 rings (SSSR count). The topological polar surface area (TPSA) is 69.6 Å². The van der Waals surface area contributed by atoms with Crippen molar-refractivity contribution in [1.29, 1.82) is 0 Å². The Kier molecular flexibility index (Phi) is 5.43. The second-order valence-corrected chi connectivity index (χ2v) is 5.58. The van der Waals surface area contributed by atoms with Gasteiger partial charge in [-0.05, 0) is 24.1 Å². The van der Waals surface area contributed by atoms with Gasteiger partial charge in [-0.2, -0.15) is 13.2 Å². The molecule has 0 aliphatic carbocycles. The number of benzene rings is 1. The lowest BCUT2D eigenvalue weighted by molar-refractivity contribution is -0.143. The average molecular weight is 348 g/mol. The van der Waals surface area contributed by atoms with Crippen molar-refractivity contribution in [3.05, 3.63) is 35.6 Å². The quantitative estimate of drug-likeness (QED) is 0.640. The summed E-state index contributed by atoms with van der Waals surface area (Å²) in [4.78, 5) is 24.8. The summed E-state index contributed by atoms with van der Waals surface area (Å²) in [6.45, 7) is -1.58. The van der Waals surface area contributed by atoms with Crippen LogP contribution in [-0.2, 0) is 9.59 Å². The van der Waals surface area contributed by atoms with E-state index >= 15 is 0 Å². The molecular weight excluding hydrogens is 332 g/mol. The number of hydrogen-bond donors (Lipinski definition) is 2. The van der Waals surface area contributed by atoms with Gasteiger partial charge in [0.2, 0.25) is 11.8 Å². The number of amides is 2. The van der Waals surface area contributed by atoms with Crippen LogP contribution in [0.1, 0.15) is 24.4 Å². The van der Waals surface area contributed by atoms with Crippen LogP contribution >= 0.6 is 0 Å². The molecule has 2 N–H and O–H groups in total. The molecular formula is C15H16F4N2O3. The molecule has 2 atom stereocenters. The van der Waals surface area contributed by atoms with Gasteiger partial charge in [-0.3, -0.25) is 9.59 Å². The molecule has 1 saturated heterocycles. The molecule has 1 heterocycles. The first-order chi connectivity index (χ1) is 11.2. The van der Waals surface area contributed by atoms with Crippen LogP contribution in [0.25, 0.3) is 0 Å². The number of β-amino-alcohol motifs (C(OH)–C–C–N with tert-alkyl or cyclic N) is 1. The first-order valence-electron chi connectivity index (χ1n) is 7.22. The van der Waals surface area contributed by atoms with Gasteiger partial charge in [-0.25, -0.2) is 4.39 Å². The van der Waals surface area contributed by atoms with E-state index in [2.05, 4.69) is 0 Å². The van der Waals surface area contributed by atoms with E-state index in [9.17, 15) is 32.3 Å². The molecule has 1 aromatic carbocycles. The SMILES string of the molecule is O=C(CC(=O)N1C[C@H](O)C[C@H]1c1cccc(F)c1)NCC(F)(F)F. The van der Waals surface area contributed by atoms with Crippen LogP contribution in [0.4, 0.5) is 17.6 Å². The van der Waals surface area contributed by atoms with Gasteiger partial charge in [0.1, 0.15) is 18.8 Å². The highest BCUT2D eigenvalue weighted by Crippen LogP contribution is 2.32. The van der Waals surface area contributed by atoms with Crippen LogP contribution in [0.3, 0.4) is 0 Å². The third-order valence-corrected chi connectivity index (χ3v) is 3.63. The normalized spacial score (nSPS) is 21.0. The number of nitrogens with one attached hydrogen (secondary N) is 1. The average Bonchev–Trinajstić information content (AvgIpc) is 2.87. The van der Waals surface area contributed by atoms with Gasteiger partial charge in [0.15, 0.2) is 0 Å². The number of carbonyl (C=O) groups is 2. The molecule has 1 aliphatic heterocycles. The van der Waals surface area contributed by atoms with Gasteiger partial charge in [0, 0.05) is 6.54 Å². The first kappa shape index (κ1) is 18.2. The number of carbonyl (C=O) groups excluding carboxylic acids is 2. The Labute approximate surface area is 135 Å². The summed E-state index contributed by atoms with van der Waals surface area (Å²) in [5.74, 6) is -2.29. The molecule has 0 spiro atoms. The third-order valence-electron chi connectivity index (χ3n) is 3.63. The van der Waals surface area contributed by atoms with Crippen molar-refractivity contribution >= 4 is 11.8 Å². The van der Waals surface area contributed by atoms with E-state index in [1.165, 1.54) is 23.1 Å². The van der Waals surface area contributed by atoms with Crippen LogP contribution in [0.2, 0.25) is 0 Å². The van der Waals surface area contributed by atoms with Crippen LogP contribution in [0.5, 0.6) is 0 Å². The third kappa shape index (κ3) is 4.92. The predicted molar refractivity (Wildman–Crippen MR) is 75.2 cm³/mol. The zero-order valence-corrected chi connectivity index (χ0v) is 12.5. The maximum atomic E-state index is 13.3. The summed E-state index contributed by atoms with van der Waals surface area (Å²) >= 11 is 0.